The van der Waals surface area contributed by atoms with Crippen LogP contribution in [0.15, 0.2) is 61.1 Å². The summed E-state index contributed by atoms with van der Waals surface area (Å²) in [5.41, 5.74) is 8.55. The van der Waals surface area contributed by atoms with Gasteiger partial charge < -0.3 is 15.6 Å². The highest BCUT2D eigenvalue weighted by molar-refractivity contribution is 6.30. The summed E-state index contributed by atoms with van der Waals surface area (Å²) in [4.78, 5) is 13.1. The highest BCUT2D eigenvalue weighted by Gasteiger charge is 2.16. The molecule has 0 aliphatic heterocycles. The van der Waals surface area contributed by atoms with Crippen LogP contribution in [0, 0.1) is 0 Å². The van der Waals surface area contributed by atoms with Crippen LogP contribution in [-0.4, -0.2) is 36.4 Å². The molecule has 0 spiro atoms. The number of nitrogens with two attached hydrogens (primary N) is 1. The van der Waals surface area contributed by atoms with Gasteiger partial charge >= 0.3 is 0 Å². The molecule has 3 N–H and O–H groups in total. The summed E-state index contributed by atoms with van der Waals surface area (Å²) in [5, 5.41) is 14.2. The second-order valence-corrected chi connectivity index (χ2v) is 7.01. The first-order valence-corrected chi connectivity index (χ1v) is 9.54. The van der Waals surface area contributed by atoms with E-state index in [2.05, 4.69) is 20.1 Å². The van der Waals surface area contributed by atoms with Crippen LogP contribution in [0.3, 0.4) is 0 Å². The van der Waals surface area contributed by atoms with E-state index in [4.69, 9.17) is 22.1 Å². The molecule has 3 heterocycles. The number of ether oxygens (including phenoxy) is 1. The van der Waals surface area contributed by atoms with E-state index in [1.807, 2.05) is 18.2 Å². The molecule has 0 aliphatic rings. The van der Waals surface area contributed by atoms with Crippen LogP contribution in [0.2, 0.25) is 5.02 Å². The lowest BCUT2D eigenvalue weighted by atomic mass is 10.1. The standard InChI is InChI=1S/C21H19ClN6O2/c1-28-20(9-18(27-28)17-4-2-3-7-24-17)30-19-8-14(22)5-6-15(19)21-25-10-13(11-26-21)16(23)12-29/h2-11,16,29H,12,23H2,1H3/t16-/m1/s1. The third kappa shape index (κ3) is 4.16. The van der Waals surface area contributed by atoms with E-state index < -0.39 is 6.04 Å². The molecule has 0 amide bonds. The molecule has 1 aromatic carbocycles. The monoisotopic (exact) mass is 422 g/mol. The number of halogens is 1. The fourth-order valence-electron chi connectivity index (χ4n) is 2.84. The molecule has 0 saturated carbocycles. The predicted octanol–water partition coefficient (Wildman–Crippen LogP) is 3.38. The zero-order chi connectivity index (χ0) is 21.1. The molecule has 4 aromatic rings. The van der Waals surface area contributed by atoms with Gasteiger partial charge in [-0.25, -0.2) is 14.6 Å². The number of aliphatic hydroxyl groups is 1. The number of hydrogen-bond donors (Lipinski definition) is 2. The van der Waals surface area contributed by atoms with Crippen molar-refractivity contribution < 1.29 is 9.84 Å². The molecule has 0 unspecified atom stereocenters. The smallest absolute Gasteiger partial charge is 0.218 e. The van der Waals surface area contributed by atoms with Crippen LogP contribution >= 0.6 is 11.6 Å². The number of aryl methyl sites for hydroxylation is 1. The summed E-state index contributed by atoms with van der Waals surface area (Å²) in [6.45, 7) is -0.183. The van der Waals surface area contributed by atoms with E-state index >= 15 is 0 Å². The average molecular weight is 423 g/mol. The Morgan fingerprint density at radius 2 is 1.90 bits per heavy atom. The Bertz CT molecular complexity index is 1150. The van der Waals surface area contributed by atoms with Crippen molar-refractivity contribution in [1.29, 1.82) is 0 Å². The zero-order valence-corrected chi connectivity index (χ0v) is 16.9. The summed E-state index contributed by atoms with van der Waals surface area (Å²) in [5.74, 6) is 1.44. The van der Waals surface area contributed by atoms with Gasteiger partial charge in [-0.05, 0) is 24.3 Å². The lowest BCUT2D eigenvalue weighted by molar-refractivity contribution is 0.267. The maximum Gasteiger partial charge on any atom is 0.218 e. The number of aliphatic hydroxyl groups excluding tert-OH is 1. The first-order valence-electron chi connectivity index (χ1n) is 9.16. The van der Waals surface area contributed by atoms with Gasteiger partial charge in [-0.3, -0.25) is 4.98 Å². The van der Waals surface area contributed by atoms with Crippen LogP contribution < -0.4 is 10.5 Å². The summed E-state index contributed by atoms with van der Waals surface area (Å²) in [7, 11) is 1.79. The van der Waals surface area contributed by atoms with Gasteiger partial charge in [-0.1, -0.05) is 17.7 Å². The topological polar surface area (TPSA) is 112 Å². The highest BCUT2D eigenvalue weighted by Crippen LogP contribution is 2.35. The second kappa shape index (κ2) is 8.58. The van der Waals surface area contributed by atoms with E-state index in [1.165, 1.54) is 0 Å². The molecule has 9 heteroatoms. The molecule has 30 heavy (non-hydrogen) atoms. The van der Waals surface area contributed by atoms with E-state index in [0.717, 1.165) is 5.69 Å². The molecule has 1 atom stereocenters. The minimum absolute atomic E-state index is 0.183. The Balaban J connectivity index is 1.67. The van der Waals surface area contributed by atoms with Crippen LogP contribution in [0.5, 0.6) is 11.6 Å². The molecular weight excluding hydrogens is 404 g/mol. The molecule has 0 radical (unpaired) electrons. The van der Waals surface area contributed by atoms with Crippen molar-refractivity contribution in [3.8, 4) is 34.4 Å². The summed E-state index contributed by atoms with van der Waals surface area (Å²) < 4.78 is 7.74. The normalized spacial score (nSPS) is 12.0. The molecule has 152 valence electrons. The van der Waals surface area contributed by atoms with Crippen molar-refractivity contribution in [2.75, 3.05) is 6.61 Å². The van der Waals surface area contributed by atoms with E-state index in [0.29, 0.717) is 39.3 Å². The van der Waals surface area contributed by atoms with E-state index in [9.17, 15) is 5.11 Å². The first-order chi connectivity index (χ1) is 14.5. The predicted molar refractivity (Wildman–Crippen MR) is 113 cm³/mol. The van der Waals surface area contributed by atoms with Gasteiger partial charge in [0.15, 0.2) is 5.82 Å². The Morgan fingerprint density at radius 1 is 1.10 bits per heavy atom. The molecule has 0 fully saturated rings. The van der Waals surface area contributed by atoms with E-state index in [-0.39, 0.29) is 6.61 Å². The highest BCUT2D eigenvalue weighted by atomic mass is 35.5. The van der Waals surface area contributed by atoms with Crippen molar-refractivity contribution in [3.63, 3.8) is 0 Å². The van der Waals surface area contributed by atoms with Crippen molar-refractivity contribution in [3.05, 3.63) is 71.6 Å². The molecular formula is C21H19ClN6O2. The van der Waals surface area contributed by atoms with Crippen molar-refractivity contribution in [2.45, 2.75) is 6.04 Å². The van der Waals surface area contributed by atoms with Gasteiger partial charge in [-0.2, -0.15) is 5.10 Å². The Labute approximate surface area is 178 Å². The van der Waals surface area contributed by atoms with Gasteiger partial charge in [0, 0.05) is 48.4 Å². The molecule has 0 aliphatic carbocycles. The number of nitrogens with zero attached hydrogens (tertiary/aromatic N) is 5. The van der Waals surface area contributed by atoms with Gasteiger partial charge in [-0.15, -0.1) is 0 Å². The van der Waals surface area contributed by atoms with Crippen molar-refractivity contribution in [1.82, 2.24) is 24.7 Å². The summed E-state index contributed by atoms with van der Waals surface area (Å²) >= 11 is 6.20. The third-order valence-electron chi connectivity index (χ3n) is 4.46. The Morgan fingerprint density at radius 3 is 2.60 bits per heavy atom. The van der Waals surface area contributed by atoms with Gasteiger partial charge in [0.05, 0.1) is 23.9 Å². The summed E-state index contributed by atoms with van der Waals surface area (Å²) in [6, 6.07) is 12.1. The Kier molecular flexibility index (Phi) is 5.71. The minimum atomic E-state index is -0.528. The zero-order valence-electron chi connectivity index (χ0n) is 16.1. The van der Waals surface area contributed by atoms with Crippen molar-refractivity contribution in [2.24, 2.45) is 12.8 Å². The average Bonchev–Trinajstić information content (AvgIpc) is 3.14. The largest absolute Gasteiger partial charge is 0.438 e. The van der Waals surface area contributed by atoms with Crippen LogP contribution in [0.4, 0.5) is 0 Å². The van der Waals surface area contributed by atoms with Crippen LogP contribution in [0.1, 0.15) is 11.6 Å². The maximum atomic E-state index is 9.20. The van der Waals surface area contributed by atoms with Crippen LogP contribution in [-0.2, 0) is 7.05 Å². The molecule has 4 rings (SSSR count). The number of benzene rings is 1. The fourth-order valence-corrected chi connectivity index (χ4v) is 3.00. The molecule has 8 nitrogen and oxygen atoms in total. The Hall–Kier alpha value is -3.33. The lowest BCUT2D eigenvalue weighted by Gasteiger charge is -2.12. The van der Waals surface area contributed by atoms with Crippen molar-refractivity contribution >= 4 is 11.6 Å². The number of rotatable bonds is 6. The molecule has 3 aromatic heterocycles. The number of pyridine rings is 1. The van der Waals surface area contributed by atoms with Gasteiger partial charge in [0.1, 0.15) is 11.4 Å². The summed E-state index contributed by atoms with van der Waals surface area (Å²) in [6.07, 6.45) is 4.89. The fraction of sp³-hybridized carbons (Fsp3) is 0.143. The SMILES string of the molecule is Cn1nc(-c2ccccn2)cc1Oc1cc(Cl)ccc1-c1ncc([C@H](N)CO)cn1. The minimum Gasteiger partial charge on any atom is -0.438 e. The van der Waals surface area contributed by atoms with E-state index in [1.54, 1.807) is 54.6 Å². The maximum absolute atomic E-state index is 9.20. The van der Waals surface area contributed by atoms with Gasteiger partial charge in [0.25, 0.3) is 0 Å². The molecule has 0 bridgehead atoms. The number of aromatic nitrogens is 5. The second-order valence-electron chi connectivity index (χ2n) is 6.58. The third-order valence-corrected chi connectivity index (χ3v) is 4.70. The molecule has 0 saturated heterocycles. The lowest BCUT2D eigenvalue weighted by Crippen LogP contribution is -2.15. The number of hydrogen-bond acceptors (Lipinski definition) is 7. The van der Waals surface area contributed by atoms with Gasteiger partial charge in [0.2, 0.25) is 5.88 Å². The first kappa shape index (κ1) is 20.0. The van der Waals surface area contributed by atoms with Crippen LogP contribution in [0.25, 0.3) is 22.8 Å². The quantitative estimate of drug-likeness (QED) is 0.489.